The molecule has 6 heteroatoms. The molecule has 3 nitrogen and oxygen atoms in total. The van der Waals surface area contributed by atoms with Gasteiger partial charge in [0.2, 0.25) is 5.82 Å². The number of pyridine rings is 1. The van der Waals surface area contributed by atoms with Crippen molar-refractivity contribution in [3.05, 3.63) is 23.1 Å². The first kappa shape index (κ1) is 10.3. The van der Waals surface area contributed by atoms with Crippen LogP contribution in [0.5, 0.6) is 5.88 Å². The van der Waals surface area contributed by atoms with Crippen LogP contribution in [0.4, 0.5) is 13.2 Å². The largest absolute Gasteiger partial charge is 0.476 e. The molecule has 0 saturated heterocycles. The highest BCUT2D eigenvalue weighted by Gasteiger charge is 2.20. The first-order valence-corrected chi connectivity index (χ1v) is 3.69. The van der Waals surface area contributed by atoms with Gasteiger partial charge in [-0.1, -0.05) is 0 Å². The highest BCUT2D eigenvalue weighted by molar-refractivity contribution is 5.35. The molecule has 0 N–H and O–H groups in total. The van der Waals surface area contributed by atoms with Gasteiger partial charge < -0.3 is 4.74 Å². The maximum absolute atomic E-state index is 13.1. The maximum atomic E-state index is 13.1. The lowest BCUT2D eigenvalue weighted by atomic mass is 10.2. The van der Waals surface area contributed by atoms with E-state index in [9.17, 15) is 13.2 Å². The van der Waals surface area contributed by atoms with Gasteiger partial charge >= 0.3 is 0 Å². The maximum Gasteiger partial charge on any atom is 0.254 e. The number of rotatable bonds is 2. The van der Waals surface area contributed by atoms with Gasteiger partial charge in [-0.05, 0) is 6.92 Å². The van der Waals surface area contributed by atoms with Gasteiger partial charge in [0, 0.05) is 0 Å². The van der Waals surface area contributed by atoms with E-state index >= 15 is 0 Å². The first-order chi connectivity index (χ1) is 6.61. The SMILES string of the molecule is CCOc1nc(F)c(F)c(C#N)c1F. The third-order valence-corrected chi connectivity index (χ3v) is 1.40. The van der Waals surface area contributed by atoms with Crippen LogP contribution in [-0.2, 0) is 0 Å². The van der Waals surface area contributed by atoms with Gasteiger partial charge in [0.05, 0.1) is 6.61 Å². The highest BCUT2D eigenvalue weighted by Crippen LogP contribution is 2.21. The molecule has 1 aromatic rings. The fourth-order valence-corrected chi connectivity index (χ4v) is 0.824. The molecule has 1 aromatic heterocycles. The Kier molecular flexibility index (Phi) is 2.92. The Morgan fingerprint density at radius 1 is 1.36 bits per heavy atom. The number of ether oxygens (including phenoxy) is 1. The molecule has 0 atom stereocenters. The second-order valence-corrected chi connectivity index (χ2v) is 2.26. The lowest BCUT2D eigenvalue weighted by molar-refractivity contribution is 0.295. The van der Waals surface area contributed by atoms with Crippen LogP contribution in [0.2, 0.25) is 0 Å². The van der Waals surface area contributed by atoms with Gasteiger partial charge in [0.1, 0.15) is 11.6 Å². The normalized spacial score (nSPS) is 9.64. The Morgan fingerprint density at radius 2 is 2.00 bits per heavy atom. The first-order valence-electron chi connectivity index (χ1n) is 3.69. The molecule has 74 valence electrons. The Morgan fingerprint density at radius 3 is 2.50 bits per heavy atom. The minimum absolute atomic E-state index is 0.0415. The van der Waals surface area contributed by atoms with E-state index in [0.29, 0.717) is 0 Å². The monoisotopic (exact) mass is 202 g/mol. The van der Waals surface area contributed by atoms with E-state index in [1.807, 2.05) is 0 Å². The van der Waals surface area contributed by atoms with Crippen LogP contribution in [-0.4, -0.2) is 11.6 Å². The molecular formula is C8H5F3N2O. The molecule has 0 aliphatic heterocycles. The summed E-state index contributed by atoms with van der Waals surface area (Å²) in [5.74, 6) is -5.14. The Labute approximate surface area is 77.7 Å². The van der Waals surface area contributed by atoms with Crippen molar-refractivity contribution in [2.75, 3.05) is 6.61 Å². The molecule has 0 aromatic carbocycles. The standard InChI is InChI=1S/C8H5F3N2O/c1-2-14-8-6(10)4(3-12)5(9)7(11)13-8/h2H2,1H3. The van der Waals surface area contributed by atoms with E-state index in [2.05, 4.69) is 9.72 Å². The average molecular weight is 202 g/mol. The number of nitrogens with zero attached hydrogens (tertiary/aromatic N) is 2. The summed E-state index contributed by atoms with van der Waals surface area (Å²) in [6.45, 7) is 1.56. The minimum atomic E-state index is -1.60. The van der Waals surface area contributed by atoms with Crippen molar-refractivity contribution in [3.8, 4) is 11.9 Å². The predicted octanol–water partition coefficient (Wildman–Crippen LogP) is 1.77. The lowest BCUT2D eigenvalue weighted by Gasteiger charge is -2.04. The molecule has 0 bridgehead atoms. The highest BCUT2D eigenvalue weighted by atomic mass is 19.2. The Hall–Kier alpha value is -1.77. The fourth-order valence-electron chi connectivity index (χ4n) is 0.824. The van der Waals surface area contributed by atoms with Crippen LogP contribution in [0.3, 0.4) is 0 Å². The van der Waals surface area contributed by atoms with Crippen molar-refractivity contribution in [2.45, 2.75) is 6.92 Å². The Bertz CT molecular complexity index is 401. The summed E-state index contributed by atoms with van der Waals surface area (Å²) >= 11 is 0. The molecule has 14 heavy (non-hydrogen) atoms. The van der Waals surface area contributed by atoms with Gasteiger partial charge in [-0.2, -0.15) is 19.0 Å². The fraction of sp³-hybridized carbons (Fsp3) is 0.250. The second kappa shape index (κ2) is 3.96. The van der Waals surface area contributed by atoms with E-state index in [4.69, 9.17) is 5.26 Å². The van der Waals surface area contributed by atoms with Crippen LogP contribution in [0.15, 0.2) is 0 Å². The van der Waals surface area contributed by atoms with E-state index in [1.165, 1.54) is 13.0 Å². The zero-order valence-corrected chi connectivity index (χ0v) is 7.14. The summed E-state index contributed by atoms with van der Waals surface area (Å²) < 4.78 is 43.0. The molecule has 1 heterocycles. The van der Waals surface area contributed by atoms with E-state index in [1.54, 1.807) is 0 Å². The molecule has 0 unspecified atom stereocenters. The van der Waals surface area contributed by atoms with Gasteiger partial charge in [0.15, 0.2) is 5.82 Å². The van der Waals surface area contributed by atoms with Crippen LogP contribution in [0, 0.1) is 28.9 Å². The van der Waals surface area contributed by atoms with E-state index in [-0.39, 0.29) is 6.61 Å². The van der Waals surface area contributed by atoms with Crippen molar-refractivity contribution < 1.29 is 17.9 Å². The summed E-state index contributed by atoms with van der Waals surface area (Å²) in [6.07, 6.45) is 0. The third kappa shape index (κ3) is 1.62. The van der Waals surface area contributed by atoms with Gasteiger partial charge in [-0.15, -0.1) is 0 Å². The number of aromatic nitrogens is 1. The van der Waals surface area contributed by atoms with Gasteiger partial charge in [-0.25, -0.2) is 4.39 Å². The molecule has 0 aliphatic rings. The van der Waals surface area contributed by atoms with Crippen LogP contribution in [0.1, 0.15) is 12.5 Å². The van der Waals surface area contributed by atoms with Crippen molar-refractivity contribution in [3.63, 3.8) is 0 Å². The van der Waals surface area contributed by atoms with Crippen LogP contribution < -0.4 is 4.74 Å². The second-order valence-electron chi connectivity index (χ2n) is 2.26. The van der Waals surface area contributed by atoms with Crippen molar-refractivity contribution in [1.29, 1.82) is 5.26 Å². The smallest absolute Gasteiger partial charge is 0.254 e. The Balaban J connectivity index is 3.37. The van der Waals surface area contributed by atoms with Crippen molar-refractivity contribution in [2.24, 2.45) is 0 Å². The van der Waals surface area contributed by atoms with Crippen LogP contribution >= 0.6 is 0 Å². The molecule has 0 saturated carbocycles. The number of hydrogen-bond donors (Lipinski definition) is 0. The van der Waals surface area contributed by atoms with Gasteiger partial charge in [0.25, 0.3) is 11.8 Å². The molecule has 0 radical (unpaired) electrons. The zero-order chi connectivity index (χ0) is 10.7. The van der Waals surface area contributed by atoms with Crippen molar-refractivity contribution in [1.82, 2.24) is 4.98 Å². The summed E-state index contributed by atoms with van der Waals surface area (Å²) in [5.41, 5.74) is -1.03. The molecule has 0 spiro atoms. The topological polar surface area (TPSA) is 45.9 Å². The number of nitriles is 1. The molecule has 0 fully saturated rings. The molecule has 0 aliphatic carbocycles. The quantitative estimate of drug-likeness (QED) is 0.686. The van der Waals surface area contributed by atoms with Crippen molar-refractivity contribution >= 4 is 0 Å². The zero-order valence-electron chi connectivity index (χ0n) is 7.14. The van der Waals surface area contributed by atoms with Crippen LogP contribution in [0.25, 0.3) is 0 Å². The summed E-state index contributed by atoms with van der Waals surface area (Å²) in [4.78, 5) is 2.88. The lowest BCUT2D eigenvalue weighted by Crippen LogP contribution is -2.05. The summed E-state index contributed by atoms with van der Waals surface area (Å²) in [5, 5.41) is 8.34. The third-order valence-electron chi connectivity index (χ3n) is 1.40. The molecular weight excluding hydrogens is 197 g/mol. The van der Waals surface area contributed by atoms with E-state index < -0.39 is 29.0 Å². The van der Waals surface area contributed by atoms with Gasteiger partial charge in [-0.3, -0.25) is 0 Å². The molecule has 1 rings (SSSR count). The van der Waals surface area contributed by atoms with E-state index in [0.717, 1.165) is 0 Å². The predicted molar refractivity (Wildman–Crippen MR) is 40.0 cm³/mol. The molecule has 0 amide bonds. The average Bonchev–Trinajstić information content (AvgIpc) is 2.16. The number of halogens is 3. The minimum Gasteiger partial charge on any atom is -0.476 e. The summed E-state index contributed by atoms with van der Waals surface area (Å²) in [7, 11) is 0. The summed E-state index contributed by atoms with van der Waals surface area (Å²) in [6, 6.07) is 1.19. The number of hydrogen-bond acceptors (Lipinski definition) is 3.